The second-order valence-corrected chi connectivity index (χ2v) is 3.80. The molecule has 70 valence electrons. The number of carbonyl (C=O) groups is 1. The van der Waals surface area contributed by atoms with Crippen LogP contribution in [0, 0.1) is 5.92 Å². The molecule has 0 aliphatic carbocycles. The number of aliphatic hydroxyl groups excluding tert-OH is 1. The second-order valence-electron chi connectivity index (χ2n) is 3.80. The molecule has 0 unspecified atom stereocenters. The molecule has 1 N–H and O–H groups in total. The molecule has 12 heavy (non-hydrogen) atoms. The lowest BCUT2D eigenvalue weighted by Gasteiger charge is -2.39. The van der Waals surface area contributed by atoms with Crippen LogP contribution in [-0.4, -0.2) is 34.6 Å². The van der Waals surface area contributed by atoms with Gasteiger partial charge >= 0.3 is 0 Å². The Morgan fingerprint density at radius 3 is 2.58 bits per heavy atom. The van der Waals surface area contributed by atoms with E-state index < -0.39 is 0 Å². The van der Waals surface area contributed by atoms with Gasteiger partial charge < -0.3 is 10.0 Å². The summed E-state index contributed by atoms with van der Waals surface area (Å²) in [5.74, 6) is 0.325. The maximum absolute atomic E-state index is 11.1. The molecule has 0 radical (unpaired) electrons. The summed E-state index contributed by atoms with van der Waals surface area (Å²) in [5.41, 5.74) is 0. The Labute approximate surface area is 73.4 Å². The van der Waals surface area contributed by atoms with E-state index in [9.17, 15) is 9.90 Å². The van der Waals surface area contributed by atoms with Crippen LogP contribution in [0.5, 0.6) is 0 Å². The standard InChI is InChI=1S/C9H17NO2/c1-6-5-10(8(3)11)7(2)4-9(6)12/h6-7,9,12H,4-5H2,1-3H3/t6-,7-,9+/m1/s1. The highest BCUT2D eigenvalue weighted by atomic mass is 16.3. The predicted molar refractivity (Wildman–Crippen MR) is 46.6 cm³/mol. The van der Waals surface area contributed by atoms with Gasteiger partial charge in [0.05, 0.1) is 6.10 Å². The molecule has 0 saturated carbocycles. The SMILES string of the molecule is CC(=O)N1C[C@@H](C)[C@@H](O)C[C@H]1C. The molecule has 1 amide bonds. The van der Waals surface area contributed by atoms with Crippen LogP contribution < -0.4 is 0 Å². The van der Waals surface area contributed by atoms with Crippen molar-refractivity contribution in [2.24, 2.45) is 5.92 Å². The van der Waals surface area contributed by atoms with Gasteiger partial charge in [-0.3, -0.25) is 4.79 Å². The molecule has 0 aromatic rings. The van der Waals surface area contributed by atoms with Gasteiger partial charge in [0.25, 0.3) is 0 Å². The molecular formula is C9H17NO2. The van der Waals surface area contributed by atoms with Gasteiger partial charge in [-0.15, -0.1) is 0 Å². The zero-order chi connectivity index (χ0) is 9.30. The fourth-order valence-corrected chi connectivity index (χ4v) is 1.76. The van der Waals surface area contributed by atoms with Gasteiger partial charge in [0.15, 0.2) is 0 Å². The number of rotatable bonds is 0. The fourth-order valence-electron chi connectivity index (χ4n) is 1.76. The van der Waals surface area contributed by atoms with E-state index in [1.807, 2.05) is 18.7 Å². The maximum Gasteiger partial charge on any atom is 0.219 e. The van der Waals surface area contributed by atoms with Gasteiger partial charge in [-0.2, -0.15) is 0 Å². The third-order valence-electron chi connectivity index (χ3n) is 2.66. The van der Waals surface area contributed by atoms with E-state index in [1.54, 1.807) is 6.92 Å². The molecule has 3 nitrogen and oxygen atoms in total. The largest absolute Gasteiger partial charge is 0.393 e. The van der Waals surface area contributed by atoms with E-state index in [2.05, 4.69) is 0 Å². The molecule has 1 rings (SSSR count). The number of aliphatic hydroxyl groups is 1. The van der Waals surface area contributed by atoms with Crippen LogP contribution >= 0.6 is 0 Å². The average molecular weight is 171 g/mol. The highest BCUT2D eigenvalue weighted by Crippen LogP contribution is 2.21. The molecule has 1 heterocycles. The molecule has 0 spiro atoms. The average Bonchev–Trinajstić information content (AvgIpc) is 1.96. The lowest BCUT2D eigenvalue weighted by atomic mass is 9.92. The van der Waals surface area contributed by atoms with Gasteiger partial charge in [0.1, 0.15) is 0 Å². The minimum atomic E-state index is -0.240. The minimum absolute atomic E-state index is 0.112. The molecule has 0 aromatic heterocycles. The van der Waals surface area contributed by atoms with E-state index in [1.165, 1.54) is 0 Å². The third-order valence-corrected chi connectivity index (χ3v) is 2.66. The maximum atomic E-state index is 11.1. The second kappa shape index (κ2) is 3.44. The molecule has 1 saturated heterocycles. The number of nitrogens with zero attached hydrogens (tertiary/aromatic N) is 1. The first-order valence-corrected chi connectivity index (χ1v) is 4.47. The van der Waals surface area contributed by atoms with Crippen LogP contribution in [0.2, 0.25) is 0 Å². The van der Waals surface area contributed by atoms with E-state index in [0.29, 0.717) is 13.0 Å². The Hall–Kier alpha value is -0.570. The highest BCUT2D eigenvalue weighted by Gasteiger charge is 2.30. The van der Waals surface area contributed by atoms with Crippen molar-refractivity contribution in [3.63, 3.8) is 0 Å². The summed E-state index contributed by atoms with van der Waals surface area (Å²) < 4.78 is 0. The molecule has 3 atom stereocenters. The predicted octanol–water partition coefficient (Wildman–Crippen LogP) is 0.624. The summed E-state index contributed by atoms with van der Waals surface area (Å²) in [6.07, 6.45) is 0.469. The first-order valence-electron chi connectivity index (χ1n) is 4.47. The normalized spacial score (nSPS) is 36.7. The summed E-state index contributed by atoms with van der Waals surface area (Å²) in [5, 5.41) is 9.51. The van der Waals surface area contributed by atoms with Gasteiger partial charge in [-0.1, -0.05) is 6.92 Å². The first kappa shape index (κ1) is 9.52. The number of hydrogen-bond acceptors (Lipinski definition) is 2. The monoisotopic (exact) mass is 171 g/mol. The molecule has 0 aromatic carbocycles. The third kappa shape index (κ3) is 1.78. The number of carbonyl (C=O) groups excluding carboxylic acids is 1. The minimum Gasteiger partial charge on any atom is -0.393 e. The number of amides is 1. The smallest absolute Gasteiger partial charge is 0.219 e. The number of likely N-dealkylation sites (tertiary alicyclic amines) is 1. The molecule has 3 heteroatoms. The van der Waals surface area contributed by atoms with Gasteiger partial charge in [0, 0.05) is 19.5 Å². The summed E-state index contributed by atoms with van der Waals surface area (Å²) >= 11 is 0. The number of piperidine rings is 1. The Morgan fingerprint density at radius 2 is 2.08 bits per heavy atom. The topological polar surface area (TPSA) is 40.5 Å². The van der Waals surface area contributed by atoms with Crippen LogP contribution in [0.15, 0.2) is 0 Å². The van der Waals surface area contributed by atoms with Crippen molar-refractivity contribution in [1.29, 1.82) is 0 Å². The van der Waals surface area contributed by atoms with Crippen molar-refractivity contribution in [2.45, 2.75) is 39.3 Å². The van der Waals surface area contributed by atoms with Gasteiger partial charge in [0.2, 0.25) is 5.91 Å². The summed E-state index contributed by atoms with van der Waals surface area (Å²) in [7, 11) is 0. The highest BCUT2D eigenvalue weighted by molar-refractivity contribution is 5.73. The van der Waals surface area contributed by atoms with Crippen LogP contribution in [0.3, 0.4) is 0 Å². The van der Waals surface area contributed by atoms with E-state index >= 15 is 0 Å². The van der Waals surface area contributed by atoms with Crippen molar-refractivity contribution < 1.29 is 9.90 Å². The lowest BCUT2D eigenvalue weighted by molar-refractivity contribution is -0.135. The Bertz CT molecular complexity index is 181. The van der Waals surface area contributed by atoms with Crippen LogP contribution in [0.4, 0.5) is 0 Å². The Kier molecular flexibility index (Phi) is 2.73. The van der Waals surface area contributed by atoms with Crippen LogP contribution in [0.25, 0.3) is 0 Å². The summed E-state index contributed by atoms with van der Waals surface area (Å²) in [6.45, 7) is 6.24. The van der Waals surface area contributed by atoms with Crippen molar-refractivity contribution in [1.82, 2.24) is 4.90 Å². The van der Waals surface area contributed by atoms with E-state index in [0.717, 1.165) is 0 Å². The zero-order valence-corrected chi connectivity index (χ0v) is 7.95. The molecule has 1 fully saturated rings. The molecule has 0 bridgehead atoms. The molecule has 1 aliphatic heterocycles. The fraction of sp³-hybridized carbons (Fsp3) is 0.889. The van der Waals surface area contributed by atoms with Gasteiger partial charge in [-0.05, 0) is 19.3 Å². The summed E-state index contributed by atoms with van der Waals surface area (Å²) in [6, 6.07) is 0.189. The molecular weight excluding hydrogens is 154 g/mol. The van der Waals surface area contributed by atoms with Crippen molar-refractivity contribution in [3.8, 4) is 0 Å². The van der Waals surface area contributed by atoms with Crippen molar-refractivity contribution in [2.75, 3.05) is 6.54 Å². The van der Waals surface area contributed by atoms with Crippen molar-refractivity contribution in [3.05, 3.63) is 0 Å². The zero-order valence-electron chi connectivity index (χ0n) is 7.95. The van der Waals surface area contributed by atoms with Crippen LogP contribution in [0.1, 0.15) is 27.2 Å². The summed E-state index contributed by atoms with van der Waals surface area (Å²) in [4.78, 5) is 12.9. The first-order chi connectivity index (χ1) is 5.52. The van der Waals surface area contributed by atoms with E-state index in [-0.39, 0.29) is 24.0 Å². The Balaban J connectivity index is 2.61. The van der Waals surface area contributed by atoms with E-state index in [4.69, 9.17) is 0 Å². The molecule has 1 aliphatic rings. The number of hydrogen-bond donors (Lipinski definition) is 1. The quantitative estimate of drug-likeness (QED) is 0.580. The van der Waals surface area contributed by atoms with Crippen LogP contribution in [-0.2, 0) is 4.79 Å². The van der Waals surface area contributed by atoms with Crippen molar-refractivity contribution >= 4 is 5.91 Å². The van der Waals surface area contributed by atoms with Gasteiger partial charge in [-0.25, -0.2) is 0 Å². The Morgan fingerprint density at radius 1 is 1.50 bits per heavy atom. The lowest BCUT2D eigenvalue weighted by Crippen LogP contribution is -2.49.